The van der Waals surface area contributed by atoms with Gasteiger partial charge in [0, 0.05) is 19.0 Å². The van der Waals surface area contributed by atoms with Crippen molar-refractivity contribution in [1.29, 1.82) is 0 Å². The number of hydrogen-bond donors (Lipinski definition) is 8. The highest BCUT2D eigenvalue weighted by molar-refractivity contribution is 5.95. The molecular weight excluding hydrogens is 556 g/mol. The van der Waals surface area contributed by atoms with Gasteiger partial charge in [-0.25, -0.2) is 0 Å². The van der Waals surface area contributed by atoms with Gasteiger partial charge in [-0.3, -0.25) is 19.2 Å². The van der Waals surface area contributed by atoms with Crippen LogP contribution >= 0.6 is 0 Å². The second-order valence-electron chi connectivity index (χ2n) is 10.8. The van der Waals surface area contributed by atoms with Crippen molar-refractivity contribution in [2.24, 2.45) is 22.4 Å². The van der Waals surface area contributed by atoms with Crippen LogP contribution in [-0.4, -0.2) is 72.0 Å². The maximum absolute atomic E-state index is 13.4. The average Bonchev–Trinajstić information content (AvgIpc) is 2.98. The predicted octanol–water partition coefficient (Wildman–Crippen LogP) is -0.440. The molecule has 1 aliphatic heterocycles. The van der Waals surface area contributed by atoms with Crippen molar-refractivity contribution in [3.05, 3.63) is 52.4 Å². The molecule has 0 radical (unpaired) electrons. The Morgan fingerprint density at radius 2 is 1.74 bits per heavy atom. The number of nitrogens with one attached hydrogen (secondary N) is 4. The van der Waals surface area contributed by atoms with E-state index in [9.17, 15) is 29.2 Å². The van der Waals surface area contributed by atoms with Crippen molar-refractivity contribution >= 4 is 29.3 Å². The molecule has 0 aromatic heterocycles. The van der Waals surface area contributed by atoms with Crippen LogP contribution in [0.2, 0.25) is 0 Å². The van der Waals surface area contributed by atoms with E-state index in [1.165, 1.54) is 26.0 Å². The molecule has 232 valence electrons. The molecular formula is C29H40N8O6. The van der Waals surface area contributed by atoms with Crippen molar-refractivity contribution in [2.75, 3.05) is 13.1 Å². The zero-order valence-electron chi connectivity index (χ0n) is 24.3. The highest BCUT2D eigenvalue weighted by Gasteiger charge is 2.29. The van der Waals surface area contributed by atoms with Gasteiger partial charge < -0.3 is 43.6 Å². The molecule has 0 saturated carbocycles. The molecule has 3 rings (SSSR count). The maximum Gasteiger partial charge on any atom is 0.243 e. The molecule has 1 heterocycles. The second kappa shape index (κ2) is 15.2. The second-order valence-corrected chi connectivity index (χ2v) is 10.8. The number of rotatable bonds is 9. The van der Waals surface area contributed by atoms with Crippen molar-refractivity contribution in [1.82, 2.24) is 21.3 Å². The molecule has 0 saturated heterocycles. The third-order valence-corrected chi connectivity index (χ3v) is 7.25. The monoisotopic (exact) mass is 596 g/mol. The first-order chi connectivity index (χ1) is 20.4. The molecule has 0 spiro atoms. The number of phenolic OH excluding ortho intramolecular Hbond substituents is 1. The molecule has 14 nitrogen and oxygen atoms in total. The number of aromatic hydroxyl groups is 1. The van der Waals surface area contributed by atoms with Crippen LogP contribution in [0, 0.1) is 4.91 Å². The van der Waals surface area contributed by atoms with Crippen molar-refractivity contribution in [3.63, 3.8) is 0 Å². The SMILES string of the molecule is CC1NC(=O)C(N)Cc2cc(ccc2N=O)-c2ccc(O)c(c2)CC(C(=O)NC(C)C(=O)NCC(N)CCCN)NC1=O. The number of carbonyl (C=O) groups excluding carboxylic acids is 4. The van der Waals surface area contributed by atoms with Crippen LogP contribution in [0.15, 0.2) is 41.6 Å². The third-order valence-electron chi connectivity index (χ3n) is 7.25. The summed E-state index contributed by atoms with van der Waals surface area (Å²) in [6, 6.07) is 4.92. The fourth-order valence-electron chi connectivity index (χ4n) is 4.63. The lowest BCUT2D eigenvalue weighted by molar-refractivity contribution is -0.133. The van der Waals surface area contributed by atoms with E-state index in [2.05, 4.69) is 26.4 Å². The summed E-state index contributed by atoms with van der Waals surface area (Å²) in [5, 5.41) is 24.1. The van der Waals surface area contributed by atoms with E-state index in [4.69, 9.17) is 17.2 Å². The molecule has 5 atom stereocenters. The number of nitrogens with zero attached hydrogens (tertiary/aromatic N) is 1. The number of nitrogens with two attached hydrogens (primary N) is 3. The van der Waals surface area contributed by atoms with Crippen LogP contribution in [0.1, 0.15) is 37.8 Å². The molecule has 11 N–H and O–H groups in total. The number of carbonyl (C=O) groups is 4. The summed E-state index contributed by atoms with van der Waals surface area (Å²) in [6.45, 7) is 3.60. The Labute approximate surface area is 249 Å². The Hall–Kier alpha value is -4.40. The summed E-state index contributed by atoms with van der Waals surface area (Å²) in [5.41, 5.74) is 19.8. The van der Waals surface area contributed by atoms with Gasteiger partial charge in [-0.1, -0.05) is 12.1 Å². The first-order valence-corrected chi connectivity index (χ1v) is 14.1. The fraction of sp³-hybridized carbons (Fsp3) is 0.448. The van der Waals surface area contributed by atoms with Crippen LogP contribution in [0.4, 0.5) is 5.69 Å². The Morgan fingerprint density at radius 3 is 2.42 bits per heavy atom. The molecule has 2 aromatic carbocycles. The van der Waals surface area contributed by atoms with Gasteiger partial charge >= 0.3 is 0 Å². The van der Waals surface area contributed by atoms with Crippen LogP contribution in [0.25, 0.3) is 11.1 Å². The normalized spacial score (nSPS) is 20.3. The van der Waals surface area contributed by atoms with Gasteiger partial charge in [0.15, 0.2) is 0 Å². The smallest absolute Gasteiger partial charge is 0.243 e. The highest BCUT2D eigenvalue weighted by Crippen LogP contribution is 2.31. The molecule has 14 heteroatoms. The molecule has 0 fully saturated rings. The summed E-state index contributed by atoms with van der Waals surface area (Å²) in [7, 11) is 0. The number of nitroso groups, excluding NO2 is 1. The lowest BCUT2D eigenvalue weighted by Gasteiger charge is -2.24. The maximum atomic E-state index is 13.4. The van der Waals surface area contributed by atoms with E-state index < -0.39 is 47.8 Å². The largest absolute Gasteiger partial charge is 0.508 e. The zero-order chi connectivity index (χ0) is 31.7. The Morgan fingerprint density at radius 1 is 1.07 bits per heavy atom. The van der Waals surface area contributed by atoms with Gasteiger partial charge in [0.2, 0.25) is 23.6 Å². The Bertz CT molecular complexity index is 1350. The number of benzene rings is 2. The van der Waals surface area contributed by atoms with Crippen molar-refractivity contribution in [2.45, 2.75) is 69.7 Å². The summed E-state index contributed by atoms with van der Waals surface area (Å²) in [6.07, 6.45) is 1.18. The van der Waals surface area contributed by atoms with E-state index in [0.717, 1.165) is 0 Å². The standard InChI is InChI=1S/C29H40N8O6/c1-15(26(39)33-14-21(31)4-3-9-30)35-29(42)24-13-20-11-18(6-8-25(20)38)17-5-7-23(37-43)19(10-17)12-22(32)28(41)34-16(2)27(40)36-24/h5-8,10-11,15-16,21-22,24,38H,3-4,9,12-14,30-32H2,1-2H3,(H,33,39)(H,34,41)(H,35,42)(H,36,40). The average molecular weight is 597 g/mol. The van der Waals surface area contributed by atoms with Gasteiger partial charge in [-0.05, 0) is 91.4 Å². The quantitative estimate of drug-likeness (QED) is 0.175. The van der Waals surface area contributed by atoms with Crippen molar-refractivity contribution < 1.29 is 24.3 Å². The molecule has 1 aliphatic rings. The first-order valence-electron chi connectivity index (χ1n) is 14.1. The Balaban J connectivity index is 1.91. The number of fused-ring (bicyclic) bond motifs is 5. The molecule has 43 heavy (non-hydrogen) atoms. The van der Waals surface area contributed by atoms with E-state index in [1.807, 2.05) is 0 Å². The summed E-state index contributed by atoms with van der Waals surface area (Å²) in [5.74, 6) is -2.61. The Kier molecular flexibility index (Phi) is 11.7. The van der Waals surface area contributed by atoms with Crippen molar-refractivity contribution in [3.8, 4) is 16.9 Å². The minimum Gasteiger partial charge on any atom is -0.508 e. The lowest BCUT2D eigenvalue weighted by atomic mass is 9.95. The van der Waals surface area contributed by atoms with Gasteiger partial charge in [-0.2, -0.15) is 0 Å². The predicted molar refractivity (Wildman–Crippen MR) is 161 cm³/mol. The lowest BCUT2D eigenvalue weighted by Crippen LogP contribution is -2.57. The van der Waals surface area contributed by atoms with E-state index in [-0.39, 0.29) is 36.9 Å². The minimum atomic E-state index is -1.23. The van der Waals surface area contributed by atoms with E-state index in [1.54, 1.807) is 24.3 Å². The van der Waals surface area contributed by atoms with Crippen LogP contribution in [0.3, 0.4) is 0 Å². The van der Waals surface area contributed by atoms with Gasteiger partial charge in [0.1, 0.15) is 29.6 Å². The number of hydrogen-bond acceptors (Lipinski definition) is 10. The summed E-state index contributed by atoms with van der Waals surface area (Å²) < 4.78 is 0. The minimum absolute atomic E-state index is 0.0249. The summed E-state index contributed by atoms with van der Waals surface area (Å²) >= 11 is 0. The highest BCUT2D eigenvalue weighted by atomic mass is 16.3. The molecule has 2 aromatic rings. The number of amides is 4. The first kappa shape index (κ1) is 33.1. The topological polar surface area (TPSA) is 244 Å². The van der Waals surface area contributed by atoms with Gasteiger partial charge in [0.05, 0.1) is 6.04 Å². The summed E-state index contributed by atoms with van der Waals surface area (Å²) in [4.78, 5) is 63.4. The molecule has 4 amide bonds. The molecule has 0 aliphatic carbocycles. The van der Waals surface area contributed by atoms with Gasteiger partial charge in [-0.15, -0.1) is 4.91 Å². The molecule has 4 bridgehead atoms. The van der Waals surface area contributed by atoms with Crippen LogP contribution in [-0.2, 0) is 32.0 Å². The number of phenols is 1. The van der Waals surface area contributed by atoms with E-state index >= 15 is 0 Å². The van der Waals surface area contributed by atoms with Crippen LogP contribution in [0.5, 0.6) is 5.75 Å². The van der Waals surface area contributed by atoms with E-state index in [0.29, 0.717) is 41.6 Å². The third kappa shape index (κ3) is 9.04. The fourth-order valence-corrected chi connectivity index (χ4v) is 4.63. The van der Waals surface area contributed by atoms with Crippen LogP contribution < -0.4 is 38.5 Å². The van der Waals surface area contributed by atoms with Gasteiger partial charge in [0.25, 0.3) is 0 Å². The molecule has 5 unspecified atom stereocenters. The zero-order valence-corrected chi connectivity index (χ0v) is 24.3.